The van der Waals surface area contributed by atoms with Gasteiger partial charge in [0.15, 0.2) is 0 Å². The van der Waals surface area contributed by atoms with Gasteiger partial charge in [0, 0.05) is 25.0 Å². The van der Waals surface area contributed by atoms with Crippen molar-refractivity contribution in [2.75, 3.05) is 13.1 Å². The van der Waals surface area contributed by atoms with Gasteiger partial charge in [0.05, 0.1) is 4.88 Å². The third-order valence-electron chi connectivity index (χ3n) is 2.57. The van der Waals surface area contributed by atoms with Gasteiger partial charge in [-0.15, -0.1) is 11.3 Å². The summed E-state index contributed by atoms with van der Waals surface area (Å²) in [4.78, 5) is 5.66. The fourth-order valence-corrected chi connectivity index (χ4v) is 2.44. The van der Waals surface area contributed by atoms with Crippen molar-refractivity contribution in [3.05, 3.63) is 29.9 Å². The Bertz CT molecular complexity index is 419. The molecule has 4 heteroatoms. The van der Waals surface area contributed by atoms with E-state index in [4.69, 9.17) is 0 Å². The first-order valence-electron chi connectivity index (χ1n) is 5.60. The van der Waals surface area contributed by atoms with Gasteiger partial charge in [-0.3, -0.25) is 0 Å². The predicted octanol–water partition coefficient (Wildman–Crippen LogP) is 2.78. The standard InChI is InChI=1S/C12H17N3S/c1-3-13-9-10(2)15-7-6-14-12(15)11-5-4-8-16-11/h4-8,10,13H,3,9H2,1-2H3. The summed E-state index contributed by atoms with van der Waals surface area (Å²) in [5, 5.41) is 5.45. The summed E-state index contributed by atoms with van der Waals surface area (Å²) in [6.45, 7) is 6.32. The maximum atomic E-state index is 4.43. The van der Waals surface area contributed by atoms with Crippen LogP contribution in [0.25, 0.3) is 10.7 Å². The molecule has 1 N–H and O–H groups in total. The van der Waals surface area contributed by atoms with E-state index in [-0.39, 0.29) is 0 Å². The molecule has 0 aliphatic heterocycles. The molecule has 0 saturated carbocycles. The smallest absolute Gasteiger partial charge is 0.150 e. The molecule has 2 aromatic rings. The van der Waals surface area contributed by atoms with Gasteiger partial charge in [-0.2, -0.15) is 0 Å². The Morgan fingerprint density at radius 3 is 3.12 bits per heavy atom. The zero-order valence-electron chi connectivity index (χ0n) is 9.68. The molecular weight excluding hydrogens is 218 g/mol. The Labute approximate surface area is 100 Å². The van der Waals surface area contributed by atoms with Gasteiger partial charge in [-0.1, -0.05) is 13.0 Å². The average Bonchev–Trinajstić information content (AvgIpc) is 2.94. The fourth-order valence-electron chi connectivity index (χ4n) is 1.72. The second kappa shape index (κ2) is 5.27. The van der Waals surface area contributed by atoms with Crippen molar-refractivity contribution in [1.29, 1.82) is 0 Å². The third kappa shape index (κ3) is 2.33. The van der Waals surface area contributed by atoms with Crippen LogP contribution in [0.1, 0.15) is 19.9 Å². The summed E-state index contributed by atoms with van der Waals surface area (Å²) in [5.41, 5.74) is 0. The molecule has 1 unspecified atom stereocenters. The third-order valence-corrected chi connectivity index (χ3v) is 3.44. The van der Waals surface area contributed by atoms with Crippen LogP contribution in [0, 0.1) is 0 Å². The van der Waals surface area contributed by atoms with Crippen LogP contribution in [0.5, 0.6) is 0 Å². The Hall–Kier alpha value is -1.13. The summed E-state index contributed by atoms with van der Waals surface area (Å²) in [6, 6.07) is 4.61. The molecule has 0 radical (unpaired) electrons. The highest BCUT2D eigenvalue weighted by atomic mass is 32.1. The molecule has 2 rings (SSSR count). The monoisotopic (exact) mass is 235 g/mol. The lowest BCUT2D eigenvalue weighted by Crippen LogP contribution is -2.23. The van der Waals surface area contributed by atoms with Gasteiger partial charge in [0.1, 0.15) is 5.82 Å². The number of nitrogens with zero attached hydrogens (tertiary/aromatic N) is 2. The molecule has 86 valence electrons. The van der Waals surface area contributed by atoms with Crippen LogP contribution in [0.3, 0.4) is 0 Å². The molecule has 0 spiro atoms. The molecule has 0 aromatic carbocycles. The number of imidazole rings is 1. The molecule has 0 bridgehead atoms. The van der Waals surface area contributed by atoms with Crippen molar-refractivity contribution < 1.29 is 0 Å². The van der Waals surface area contributed by atoms with E-state index >= 15 is 0 Å². The van der Waals surface area contributed by atoms with Crippen molar-refractivity contribution in [1.82, 2.24) is 14.9 Å². The molecular formula is C12H17N3S. The molecule has 2 aromatic heterocycles. The minimum Gasteiger partial charge on any atom is -0.326 e. The zero-order valence-corrected chi connectivity index (χ0v) is 10.5. The zero-order chi connectivity index (χ0) is 11.4. The number of aromatic nitrogens is 2. The minimum atomic E-state index is 0.430. The van der Waals surface area contributed by atoms with E-state index in [2.05, 4.69) is 52.4 Å². The lowest BCUT2D eigenvalue weighted by Gasteiger charge is -2.16. The van der Waals surface area contributed by atoms with Gasteiger partial charge in [-0.25, -0.2) is 4.98 Å². The van der Waals surface area contributed by atoms with Gasteiger partial charge in [-0.05, 0) is 24.9 Å². The molecule has 0 aliphatic rings. The van der Waals surface area contributed by atoms with Crippen LogP contribution in [0.2, 0.25) is 0 Å². The molecule has 3 nitrogen and oxygen atoms in total. The van der Waals surface area contributed by atoms with Crippen molar-refractivity contribution in [3.8, 4) is 10.7 Å². The summed E-state index contributed by atoms with van der Waals surface area (Å²) < 4.78 is 2.23. The molecule has 1 atom stereocenters. The molecule has 0 saturated heterocycles. The van der Waals surface area contributed by atoms with Crippen LogP contribution in [0.15, 0.2) is 29.9 Å². The van der Waals surface area contributed by atoms with Gasteiger partial charge in [0.25, 0.3) is 0 Å². The Kier molecular flexibility index (Phi) is 3.74. The molecule has 0 amide bonds. The highest BCUT2D eigenvalue weighted by molar-refractivity contribution is 7.13. The van der Waals surface area contributed by atoms with Gasteiger partial charge in [0.2, 0.25) is 0 Å². The number of hydrogen-bond donors (Lipinski definition) is 1. The van der Waals surface area contributed by atoms with E-state index < -0.39 is 0 Å². The molecule has 16 heavy (non-hydrogen) atoms. The van der Waals surface area contributed by atoms with E-state index in [1.807, 2.05) is 6.20 Å². The number of thiophene rings is 1. The largest absolute Gasteiger partial charge is 0.326 e. The number of likely N-dealkylation sites (N-methyl/N-ethyl adjacent to an activating group) is 1. The van der Waals surface area contributed by atoms with Crippen LogP contribution >= 0.6 is 11.3 Å². The predicted molar refractivity (Wildman–Crippen MR) is 68.8 cm³/mol. The molecule has 2 heterocycles. The minimum absolute atomic E-state index is 0.430. The first-order chi connectivity index (χ1) is 7.83. The SMILES string of the molecule is CCNCC(C)n1ccnc1-c1cccs1. The lowest BCUT2D eigenvalue weighted by atomic mass is 10.3. The number of rotatable bonds is 5. The fraction of sp³-hybridized carbons (Fsp3) is 0.417. The summed E-state index contributed by atoms with van der Waals surface area (Å²) in [5.74, 6) is 1.07. The normalized spacial score (nSPS) is 12.9. The Balaban J connectivity index is 2.19. The highest BCUT2D eigenvalue weighted by Crippen LogP contribution is 2.25. The second-order valence-electron chi connectivity index (χ2n) is 3.79. The van der Waals surface area contributed by atoms with Crippen LogP contribution in [0.4, 0.5) is 0 Å². The number of hydrogen-bond acceptors (Lipinski definition) is 3. The molecule has 0 fully saturated rings. The van der Waals surface area contributed by atoms with Gasteiger partial charge >= 0.3 is 0 Å². The van der Waals surface area contributed by atoms with Crippen molar-refractivity contribution >= 4 is 11.3 Å². The summed E-state index contributed by atoms with van der Waals surface area (Å²) in [7, 11) is 0. The topological polar surface area (TPSA) is 29.9 Å². The lowest BCUT2D eigenvalue weighted by molar-refractivity contribution is 0.506. The van der Waals surface area contributed by atoms with E-state index in [1.54, 1.807) is 11.3 Å². The van der Waals surface area contributed by atoms with E-state index in [0.717, 1.165) is 18.9 Å². The molecule has 0 aliphatic carbocycles. The maximum Gasteiger partial charge on any atom is 0.150 e. The first kappa shape index (κ1) is 11.4. The van der Waals surface area contributed by atoms with Crippen LogP contribution in [-0.4, -0.2) is 22.6 Å². The Morgan fingerprint density at radius 2 is 2.44 bits per heavy atom. The number of nitrogens with one attached hydrogen (secondary N) is 1. The van der Waals surface area contributed by atoms with E-state index in [1.165, 1.54) is 4.88 Å². The van der Waals surface area contributed by atoms with Crippen LogP contribution < -0.4 is 5.32 Å². The van der Waals surface area contributed by atoms with Crippen molar-refractivity contribution in [2.24, 2.45) is 0 Å². The summed E-state index contributed by atoms with van der Waals surface area (Å²) >= 11 is 1.73. The maximum absolute atomic E-state index is 4.43. The van der Waals surface area contributed by atoms with Crippen molar-refractivity contribution in [2.45, 2.75) is 19.9 Å². The summed E-state index contributed by atoms with van der Waals surface area (Å²) in [6.07, 6.45) is 3.93. The highest BCUT2D eigenvalue weighted by Gasteiger charge is 2.11. The van der Waals surface area contributed by atoms with Crippen molar-refractivity contribution in [3.63, 3.8) is 0 Å². The quantitative estimate of drug-likeness (QED) is 0.863. The van der Waals surface area contributed by atoms with E-state index in [0.29, 0.717) is 6.04 Å². The van der Waals surface area contributed by atoms with E-state index in [9.17, 15) is 0 Å². The second-order valence-corrected chi connectivity index (χ2v) is 4.74. The van der Waals surface area contributed by atoms with Crippen LogP contribution in [-0.2, 0) is 0 Å². The van der Waals surface area contributed by atoms with Gasteiger partial charge < -0.3 is 9.88 Å². The first-order valence-corrected chi connectivity index (χ1v) is 6.48. The average molecular weight is 235 g/mol. The Morgan fingerprint density at radius 1 is 1.56 bits per heavy atom.